The first-order valence-electron chi connectivity index (χ1n) is 6.29. The first kappa shape index (κ1) is 14.7. The molecule has 0 aromatic heterocycles. The molecule has 3 nitrogen and oxygen atoms in total. The van der Waals surface area contributed by atoms with Crippen LogP contribution in [0.3, 0.4) is 0 Å². The molecule has 0 aliphatic heterocycles. The van der Waals surface area contributed by atoms with Gasteiger partial charge in [-0.25, -0.2) is 17.5 Å². The second-order valence-corrected chi connectivity index (χ2v) is 6.30. The molecule has 0 heterocycles. The lowest BCUT2D eigenvalue weighted by molar-refractivity contribution is 0.581. The van der Waals surface area contributed by atoms with E-state index in [4.69, 9.17) is 0 Å². The standard InChI is InChI=1S/C15H16FNO2S/c1-12-11-14(16)8-7-13(12)9-10-17-20(18,19)15-5-3-2-4-6-15/h2-8,11,17H,9-10H2,1H3. The highest BCUT2D eigenvalue weighted by Gasteiger charge is 2.12. The summed E-state index contributed by atoms with van der Waals surface area (Å²) in [4.78, 5) is 0.246. The summed E-state index contributed by atoms with van der Waals surface area (Å²) in [5.41, 5.74) is 1.76. The van der Waals surface area contributed by atoms with Crippen molar-refractivity contribution in [1.82, 2.24) is 4.72 Å². The van der Waals surface area contributed by atoms with E-state index in [0.29, 0.717) is 6.42 Å². The lowest BCUT2D eigenvalue weighted by atomic mass is 10.1. The third-order valence-electron chi connectivity index (χ3n) is 3.04. The molecule has 0 saturated heterocycles. The molecule has 0 fully saturated rings. The first-order valence-corrected chi connectivity index (χ1v) is 7.77. The Kier molecular flexibility index (Phi) is 4.52. The fraction of sp³-hybridized carbons (Fsp3) is 0.200. The quantitative estimate of drug-likeness (QED) is 0.921. The molecule has 0 unspecified atom stereocenters. The summed E-state index contributed by atoms with van der Waals surface area (Å²) >= 11 is 0. The lowest BCUT2D eigenvalue weighted by Crippen LogP contribution is -2.26. The van der Waals surface area contributed by atoms with E-state index in [2.05, 4.69) is 4.72 Å². The Morgan fingerprint density at radius 2 is 1.80 bits per heavy atom. The average molecular weight is 293 g/mol. The molecule has 0 spiro atoms. The van der Waals surface area contributed by atoms with Gasteiger partial charge in [-0.2, -0.15) is 0 Å². The van der Waals surface area contributed by atoms with Crippen LogP contribution >= 0.6 is 0 Å². The summed E-state index contributed by atoms with van der Waals surface area (Å²) in [6, 6.07) is 12.7. The molecule has 106 valence electrons. The Morgan fingerprint density at radius 3 is 2.45 bits per heavy atom. The molecule has 2 rings (SSSR count). The van der Waals surface area contributed by atoms with Crippen LogP contribution < -0.4 is 4.72 Å². The van der Waals surface area contributed by atoms with E-state index in [1.54, 1.807) is 36.4 Å². The summed E-state index contributed by atoms with van der Waals surface area (Å²) in [5, 5.41) is 0. The van der Waals surface area contributed by atoms with Crippen LogP contribution in [0, 0.1) is 12.7 Å². The van der Waals surface area contributed by atoms with Gasteiger partial charge in [0.1, 0.15) is 5.82 Å². The van der Waals surface area contributed by atoms with Crippen molar-refractivity contribution < 1.29 is 12.8 Å². The molecule has 0 amide bonds. The van der Waals surface area contributed by atoms with Crippen molar-refractivity contribution in [2.24, 2.45) is 0 Å². The van der Waals surface area contributed by atoms with E-state index in [1.165, 1.54) is 12.1 Å². The van der Waals surface area contributed by atoms with E-state index >= 15 is 0 Å². The fourth-order valence-electron chi connectivity index (χ4n) is 1.94. The molecule has 0 saturated carbocycles. The summed E-state index contributed by atoms with van der Waals surface area (Å²) in [7, 11) is -3.48. The van der Waals surface area contributed by atoms with E-state index in [1.807, 2.05) is 6.92 Å². The minimum absolute atomic E-state index is 0.246. The number of rotatable bonds is 5. The molecule has 2 aromatic carbocycles. The Bertz CT molecular complexity index is 684. The van der Waals surface area contributed by atoms with Gasteiger partial charge in [-0.15, -0.1) is 0 Å². The molecule has 0 aliphatic rings. The zero-order chi connectivity index (χ0) is 14.6. The number of benzene rings is 2. The maximum atomic E-state index is 13.0. The second-order valence-electron chi connectivity index (χ2n) is 4.53. The van der Waals surface area contributed by atoms with Crippen molar-refractivity contribution in [3.05, 3.63) is 65.5 Å². The van der Waals surface area contributed by atoms with Gasteiger partial charge in [0.25, 0.3) is 0 Å². The SMILES string of the molecule is Cc1cc(F)ccc1CCNS(=O)(=O)c1ccccc1. The van der Waals surface area contributed by atoms with E-state index in [9.17, 15) is 12.8 Å². The molecular weight excluding hydrogens is 277 g/mol. The Labute approximate surface area is 118 Å². The van der Waals surface area contributed by atoms with Gasteiger partial charge in [0.2, 0.25) is 10.0 Å². The Morgan fingerprint density at radius 1 is 1.10 bits per heavy atom. The summed E-state index contributed by atoms with van der Waals surface area (Å²) in [6.07, 6.45) is 0.526. The van der Waals surface area contributed by atoms with Gasteiger partial charge in [0.05, 0.1) is 4.90 Å². The predicted octanol–water partition coefficient (Wildman–Crippen LogP) is 2.66. The molecule has 0 radical (unpaired) electrons. The van der Waals surface area contributed by atoms with Crippen molar-refractivity contribution in [2.75, 3.05) is 6.54 Å². The van der Waals surface area contributed by atoms with Crippen LogP contribution in [0.4, 0.5) is 4.39 Å². The van der Waals surface area contributed by atoms with Crippen LogP contribution in [0.1, 0.15) is 11.1 Å². The number of aryl methyl sites for hydroxylation is 1. The highest BCUT2D eigenvalue weighted by atomic mass is 32.2. The molecule has 0 bridgehead atoms. The van der Waals surface area contributed by atoms with Crippen molar-refractivity contribution in [3.8, 4) is 0 Å². The third kappa shape index (κ3) is 3.65. The van der Waals surface area contributed by atoms with E-state index in [0.717, 1.165) is 11.1 Å². The number of hydrogen-bond acceptors (Lipinski definition) is 2. The lowest BCUT2D eigenvalue weighted by Gasteiger charge is -2.08. The number of hydrogen-bond donors (Lipinski definition) is 1. The highest BCUT2D eigenvalue weighted by molar-refractivity contribution is 7.89. The highest BCUT2D eigenvalue weighted by Crippen LogP contribution is 2.11. The van der Waals surface area contributed by atoms with Crippen LogP contribution in [0.5, 0.6) is 0 Å². The van der Waals surface area contributed by atoms with Gasteiger partial charge >= 0.3 is 0 Å². The molecule has 20 heavy (non-hydrogen) atoms. The predicted molar refractivity (Wildman–Crippen MR) is 76.5 cm³/mol. The van der Waals surface area contributed by atoms with Crippen LogP contribution in [0.15, 0.2) is 53.4 Å². The van der Waals surface area contributed by atoms with Gasteiger partial charge in [-0.3, -0.25) is 0 Å². The van der Waals surface area contributed by atoms with Crippen LogP contribution in [-0.2, 0) is 16.4 Å². The molecule has 1 N–H and O–H groups in total. The van der Waals surface area contributed by atoms with Gasteiger partial charge in [-0.1, -0.05) is 24.3 Å². The van der Waals surface area contributed by atoms with E-state index < -0.39 is 10.0 Å². The van der Waals surface area contributed by atoms with Gasteiger partial charge < -0.3 is 0 Å². The number of sulfonamides is 1. The minimum Gasteiger partial charge on any atom is -0.211 e. The van der Waals surface area contributed by atoms with Crippen molar-refractivity contribution in [1.29, 1.82) is 0 Å². The summed E-state index contributed by atoms with van der Waals surface area (Å²) in [5.74, 6) is -0.281. The zero-order valence-corrected chi connectivity index (χ0v) is 12.0. The molecule has 2 aromatic rings. The second kappa shape index (κ2) is 6.15. The summed E-state index contributed by atoms with van der Waals surface area (Å²) in [6.45, 7) is 2.09. The zero-order valence-electron chi connectivity index (χ0n) is 11.1. The average Bonchev–Trinajstić information content (AvgIpc) is 2.42. The fourth-order valence-corrected chi connectivity index (χ4v) is 3.00. The maximum absolute atomic E-state index is 13.0. The number of nitrogens with one attached hydrogen (secondary N) is 1. The van der Waals surface area contributed by atoms with Gasteiger partial charge in [0.15, 0.2) is 0 Å². The third-order valence-corrected chi connectivity index (χ3v) is 4.52. The molecule has 5 heteroatoms. The first-order chi connectivity index (χ1) is 9.49. The largest absolute Gasteiger partial charge is 0.240 e. The van der Waals surface area contributed by atoms with Crippen molar-refractivity contribution in [2.45, 2.75) is 18.2 Å². The maximum Gasteiger partial charge on any atom is 0.240 e. The monoisotopic (exact) mass is 293 g/mol. The van der Waals surface area contributed by atoms with Gasteiger partial charge in [-0.05, 0) is 48.7 Å². The molecular formula is C15H16FNO2S. The smallest absolute Gasteiger partial charge is 0.211 e. The van der Waals surface area contributed by atoms with Crippen LogP contribution in [-0.4, -0.2) is 15.0 Å². The topological polar surface area (TPSA) is 46.2 Å². The van der Waals surface area contributed by atoms with Gasteiger partial charge in [0, 0.05) is 6.54 Å². The molecule has 0 aliphatic carbocycles. The van der Waals surface area contributed by atoms with Crippen LogP contribution in [0.25, 0.3) is 0 Å². The number of halogens is 1. The van der Waals surface area contributed by atoms with Crippen molar-refractivity contribution >= 4 is 10.0 Å². The minimum atomic E-state index is -3.48. The normalized spacial score (nSPS) is 11.5. The van der Waals surface area contributed by atoms with Crippen molar-refractivity contribution in [3.63, 3.8) is 0 Å². The Balaban J connectivity index is 1.99. The molecule has 0 atom stereocenters. The summed E-state index contributed by atoms with van der Waals surface area (Å²) < 4.78 is 39.5. The van der Waals surface area contributed by atoms with Crippen LogP contribution in [0.2, 0.25) is 0 Å². The Hall–Kier alpha value is -1.72. The van der Waals surface area contributed by atoms with E-state index in [-0.39, 0.29) is 17.3 Å².